The molecule has 4 nitrogen and oxygen atoms in total. The summed E-state index contributed by atoms with van der Waals surface area (Å²) in [6, 6.07) is 10.1. The second-order valence-electron chi connectivity index (χ2n) is 4.58. The molecular formula is C16H19FN2O2. The topological polar surface area (TPSA) is 56.5 Å². The van der Waals surface area contributed by atoms with E-state index in [1.165, 1.54) is 13.2 Å². The summed E-state index contributed by atoms with van der Waals surface area (Å²) in [7, 11) is 1.43. The molecule has 0 bridgehead atoms. The van der Waals surface area contributed by atoms with Crippen LogP contribution in [0.15, 0.2) is 36.4 Å². The number of ether oxygens (including phenoxy) is 2. The second-order valence-corrected chi connectivity index (χ2v) is 4.58. The van der Waals surface area contributed by atoms with Crippen molar-refractivity contribution < 1.29 is 13.9 Å². The van der Waals surface area contributed by atoms with Gasteiger partial charge in [0.2, 0.25) is 0 Å². The SMILES string of the molecule is CCCOc1cc(Nc2ccc(OC)c(F)c2)ccc1N. The van der Waals surface area contributed by atoms with E-state index in [-0.39, 0.29) is 5.75 Å². The van der Waals surface area contributed by atoms with E-state index in [0.29, 0.717) is 23.7 Å². The standard InChI is InChI=1S/C16H19FN2O2/c1-3-8-21-16-10-12(4-6-14(16)18)19-11-5-7-15(20-2)13(17)9-11/h4-7,9-10,19H,3,8,18H2,1-2H3. The number of methoxy groups -OCH3 is 1. The summed E-state index contributed by atoms with van der Waals surface area (Å²) >= 11 is 0. The van der Waals surface area contributed by atoms with Crippen molar-refractivity contribution in [3.05, 3.63) is 42.2 Å². The fourth-order valence-corrected chi connectivity index (χ4v) is 1.86. The zero-order valence-electron chi connectivity index (χ0n) is 12.2. The summed E-state index contributed by atoms with van der Waals surface area (Å²) in [5.74, 6) is 0.418. The van der Waals surface area contributed by atoms with Gasteiger partial charge in [0.1, 0.15) is 5.75 Å². The summed E-state index contributed by atoms with van der Waals surface area (Å²) in [6.07, 6.45) is 0.904. The maximum atomic E-state index is 13.7. The number of benzene rings is 2. The Hall–Kier alpha value is -2.43. The van der Waals surface area contributed by atoms with Gasteiger partial charge in [-0.05, 0) is 30.7 Å². The Morgan fingerprint density at radius 2 is 1.81 bits per heavy atom. The number of nitrogen functional groups attached to an aromatic ring is 1. The lowest BCUT2D eigenvalue weighted by Crippen LogP contribution is -2.00. The van der Waals surface area contributed by atoms with Gasteiger partial charge < -0.3 is 20.5 Å². The number of nitrogens with one attached hydrogen (secondary N) is 1. The van der Waals surface area contributed by atoms with Crippen LogP contribution in [0, 0.1) is 5.82 Å². The van der Waals surface area contributed by atoms with Crippen molar-refractivity contribution in [3.63, 3.8) is 0 Å². The van der Waals surface area contributed by atoms with E-state index in [1.54, 1.807) is 24.3 Å². The normalized spacial score (nSPS) is 10.2. The average Bonchev–Trinajstić information content (AvgIpc) is 2.48. The van der Waals surface area contributed by atoms with Gasteiger partial charge in [-0.1, -0.05) is 6.92 Å². The zero-order chi connectivity index (χ0) is 15.2. The minimum absolute atomic E-state index is 0.213. The van der Waals surface area contributed by atoms with E-state index >= 15 is 0 Å². The molecule has 3 N–H and O–H groups in total. The van der Waals surface area contributed by atoms with Crippen molar-refractivity contribution >= 4 is 17.1 Å². The van der Waals surface area contributed by atoms with Crippen molar-refractivity contribution in [1.82, 2.24) is 0 Å². The smallest absolute Gasteiger partial charge is 0.167 e. The van der Waals surface area contributed by atoms with Gasteiger partial charge >= 0.3 is 0 Å². The molecule has 2 aromatic carbocycles. The van der Waals surface area contributed by atoms with E-state index < -0.39 is 5.82 Å². The van der Waals surface area contributed by atoms with E-state index in [4.69, 9.17) is 15.2 Å². The minimum atomic E-state index is -0.416. The first-order valence-electron chi connectivity index (χ1n) is 6.77. The first-order valence-corrected chi connectivity index (χ1v) is 6.77. The van der Waals surface area contributed by atoms with Crippen LogP contribution in [0.1, 0.15) is 13.3 Å². The van der Waals surface area contributed by atoms with Gasteiger partial charge in [-0.15, -0.1) is 0 Å². The van der Waals surface area contributed by atoms with Crippen molar-refractivity contribution in [2.24, 2.45) is 0 Å². The van der Waals surface area contributed by atoms with Crippen LogP contribution < -0.4 is 20.5 Å². The molecule has 21 heavy (non-hydrogen) atoms. The minimum Gasteiger partial charge on any atom is -0.494 e. The molecule has 0 saturated carbocycles. The molecule has 0 aliphatic heterocycles. The molecule has 0 amide bonds. The third-order valence-corrected chi connectivity index (χ3v) is 2.92. The first-order chi connectivity index (χ1) is 10.1. The molecule has 0 aliphatic carbocycles. The Bertz CT molecular complexity index is 617. The highest BCUT2D eigenvalue weighted by molar-refractivity contribution is 5.67. The van der Waals surface area contributed by atoms with Gasteiger partial charge in [-0.3, -0.25) is 0 Å². The molecule has 5 heteroatoms. The molecule has 0 radical (unpaired) electrons. The Kier molecular flexibility index (Phi) is 4.87. The highest BCUT2D eigenvalue weighted by Gasteiger charge is 2.06. The Labute approximate surface area is 123 Å². The summed E-state index contributed by atoms with van der Waals surface area (Å²) in [5.41, 5.74) is 7.84. The summed E-state index contributed by atoms with van der Waals surface area (Å²) in [6.45, 7) is 2.63. The predicted octanol–water partition coefficient (Wildman–Crippen LogP) is 3.95. The van der Waals surface area contributed by atoms with Gasteiger partial charge in [-0.25, -0.2) is 4.39 Å². The lowest BCUT2D eigenvalue weighted by Gasteiger charge is -2.12. The van der Waals surface area contributed by atoms with Crippen LogP contribution in [0.4, 0.5) is 21.5 Å². The van der Waals surface area contributed by atoms with Crippen molar-refractivity contribution in [2.75, 3.05) is 24.8 Å². The fraction of sp³-hybridized carbons (Fsp3) is 0.250. The van der Waals surface area contributed by atoms with Gasteiger partial charge in [0.05, 0.1) is 19.4 Å². The molecule has 0 fully saturated rings. The Balaban J connectivity index is 2.17. The molecule has 0 unspecified atom stereocenters. The highest BCUT2D eigenvalue weighted by Crippen LogP contribution is 2.29. The van der Waals surface area contributed by atoms with Crippen LogP contribution in [0.2, 0.25) is 0 Å². The van der Waals surface area contributed by atoms with Crippen LogP contribution in [0.3, 0.4) is 0 Å². The van der Waals surface area contributed by atoms with Crippen LogP contribution in [0.5, 0.6) is 11.5 Å². The van der Waals surface area contributed by atoms with Gasteiger partial charge in [0.15, 0.2) is 11.6 Å². The van der Waals surface area contributed by atoms with Crippen LogP contribution in [0.25, 0.3) is 0 Å². The molecule has 112 valence electrons. The van der Waals surface area contributed by atoms with E-state index in [1.807, 2.05) is 13.0 Å². The van der Waals surface area contributed by atoms with E-state index in [0.717, 1.165) is 12.1 Å². The number of hydrogen-bond donors (Lipinski definition) is 2. The van der Waals surface area contributed by atoms with Crippen molar-refractivity contribution in [3.8, 4) is 11.5 Å². The fourth-order valence-electron chi connectivity index (χ4n) is 1.86. The lowest BCUT2D eigenvalue weighted by atomic mass is 10.2. The Morgan fingerprint density at radius 1 is 1.10 bits per heavy atom. The highest BCUT2D eigenvalue weighted by atomic mass is 19.1. The van der Waals surface area contributed by atoms with E-state index in [9.17, 15) is 4.39 Å². The number of nitrogens with two attached hydrogens (primary N) is 1. The number of anilines is 3. The molecule has 2 rings (SSSR count). The zero-order valence-corrected chi connectivity index (χ0v) is 12.2. The summed E-state index contributed by atoms with van der Waals surface area (Å²) in [5, 5.41) is 3.11. The average molecular weight is 290 g/mol. The number of hydrogen-bond acceptors (Lipinski definition) is 4. The summed E-state index contributed by atoms with van der Waals surface area (Å²) < 4.78 is 24.1. The van der Waals surface area contributed by atoms with Gasteiger partial charge in [0.25, 0.3) is 0 Å². The molecule has 0 heterocycles. The van der Waals surface area contributed by atoms with Crippen LogP contribution in [-0.2, 0) is 0 Å². The Morgan fingerprint density at radius 3 is 2.48 bits per heavy atom. The molecule has 0 aromatic heterocycles. The van der Waals surface area contributed by atoms with Crippen molar-refractivity contribution in [1.29, 1.82) is 0 Å². The second kappa shape index (κ2) is 6.83. The number of rotatable bonds is 6. The summed E-state index contributed by atoms with van der Waals surface area (Å²) in [4.78, 5) is 0. The lowest BCUT2D eigenvalue weighted by molar-refractivity contribution is 0.319. The molecule has 2 aromatic rings. The third kappa shape index (κ3) is 3.78. The monoisotopic (exact) mass is 290 g/mol. The molecule has 0 saturated heterocycles. The van der Waals surface area contributed by atoms with Crippen molar-refractivity contribution in [2.45, 2.75) is 13.3 Å². The molecule has 0 atom stereocenters. The largest absolute Gasteiger partial charge is 0.494 e. The van der Waals surface area contributed by atoms with Gasteiger partial charge in [-0.2, -0.15) is 0 Å². The van der Waals surface area contributed by atoms with Gasteiger partial charge in [0, 0.05) is 23.5 Å². The molecule has 0 aliphatic rings. The maximum Gasteiger partial charge on any atom is 0.167 e. The van der Waals surface area contributed by atoms with Crippen LogP contribution in [-0.4, -0.2) is 13.7 Å². The molecule has 0 spiro atoms. The number of halogens is 1. The van der Waals surface area contributed by atoms with E-state index in [2.05, 4.69) is 5.32 Å². The maximum absolute atomic E-state index is 13.7. The third-order valence-electron chi connectivity index (χ3n) is 2.92. The first kappa shape index (κ1) is 15.0. The quantitative estimate of drug-likeness (QED) is 0.791. The predicted molar refractivity (Wildman–Crippen MR) is 82.9 cm³/mol. The molecular weight excluding hydrogens is 271 g/mol. The van der Waals surface area contributed by atoms with Crippen LogP contribution >= 0.6 is 0 Å².